The van der Waals surface area contributed by atoms with Crippen molar-refractivity contribution in [2.75, 3.05) is 6.54 Å². The summed E-state index contributed by atoms with van der Waals surface area (Å²) in [6, 6.07) is 6.64. The van der Waals surface area contributed by atoms with E-state index in [-0.39, 0.29) is 34.3 Å². The Hall–Kier alpha value is -2.64. The van der Waals surface area contributed by atoms with Crippen LogP contribution in [-0.2, 0) is 6.54 Å². The molecule has 170 valence electrons. The van der Waals surface area contributed by atoms with Crippen molar-refractivity contribution in [2.45, 2.75) is 58.0 Å². The Bertz CT molecular complexity index is 1060. The molecule has 3 N–H and O–H groups in total. The van der Waals surface area contributed by atoms with Gasteiger partial charge in [0.1, 0.15) is 34.9 Å². The van der Waals surface area contributed by atoms with E-state index in [1.54, 1.807) is 23.4 Å². The molecule has 0 radical (unpaired) electrons. The summed E-state index contributed by atoms with van der Waals surface area (Å²) in [6.45, 7) is 6.92. The zero-order valence-electron chi connectivity index (χ0n) is 18.7. The number of carbonyl (C=O) groups excluding carboxylic acids is 1. The van der Waals surface area contributed by atoms with Crippen LogP contribution in [0.2, 0.25) is 0 Å². The van der Waals surface area contributed by atoms with Crippen molar-refractivity contribution in [2.24, 2.45) is 17.3 Å². The molecule has 0 saturated heterocycles. The summed E-state index contributed by atoms with van der Waals surface area (Å²) < 4.78 is 6.25. The molecule has 2 bridgehead atoms. The predicted octanol–water partition coefficient (Wildman–Crippen LogP) is 3.04. The minimum atomic E-state index is -1.41. The number of phenols is 1. The molecule has 2 aromatic rings. The van der Waals surface area contributed by atoms with E-state index < -0.39 is 17.8 Å². The summed E-state index contributed by atoms with van der Waals surface area (Å²) in [5.74, 6) is -0.0848. The molecular weight excluding hydrogens is 408 g/mol. The van der Waals surface area contributed by atoms with Crippen LogP contribution in [0.3, 0.4) is 0 Å². The zero-order valence-corrected chi connectivity index (χ0v) is 18.7. The van der Waals surface area contributed by atoms with Crippen LogP contribution in [0.4, 0.5) is 0 Å². The molecule has 3 saturated carbocycles. The fourth-order valence-corrected chi connectivity index (χ4v) is 6.10. The summed E-state index contributed by atoms with van der Waals surface area (Å²) in [5, 5.41) is 33.6. The fraction of sp³-hybridized carbons (Fsp3) is 0.520. The van der Waals surface area contributed by atoms with E-state index in [9.17, 15) is 20.1 Å². The smallest absolute Gasteiger partial charge is 0.261 e. The number of hydrogen-bond donors (Lipinski definition) is 3. The summed E-state index contributed by atoms with van der Waals surface area (Å²) in [6.07, 6.45) is 3.00. The van der Waals surface area contributed by atoms with Gasteiger partial charge in [0.2, 0.25) is 0 Å². The number of aromatic nitrogens is 1. The second kappa shape index (κ2) is 7.18. The molecule has 0 unspecified atom stereocenters. The summed E-state index contributed by atoms with van der Waals surface area (Å²) >= 11 is 0. The Morgan fingerprint density at radius 3 is 2.59 bits per heavy atom. The van der Waals surface area contributed by atoms with Gasteiger partial charge in [-0.2, -0.15) is 0 Å². The van der Waals surface area contributed by atoms with E-state index in [0.717, 1.165) is 12.0 Å². The maximum atomic E-state index is 13.5. The first-order valence-corrected chi connectivity index (χ1v) is 11.3. The van der Waals surface area contributed by atoms with Crippen LogP contribution >= 0.6 is 0 Å². The highest BCUT2D eigenvalue weighted by atomic mass is 16.5. The average Bonchev–Trinajstić information content (AvgIpc) is 2.78. The minimum Gasteiger partial charge on any atom is -0.507 e. The van der Waals surface area contributed by atoms with Gasteiger partial charge in [-0.25, -0.2) is 0 Å². The zero-order chi connectivity index (χ0) is 22.8. The Morgan fingerprint density at radius 1 is 1.22 bits per heavy atom. The maximum Gasteiger partial charge on any atom is 0.261 e. The fourth-order valence-electron chi connectivity index (χ4n) is 6.10. The molecule has 1 aliphatic heterocycles. The second-order valence-corrected chi connectivity index (χ2v) is 9.99. The SMILES string of the molecule is CCN(Cc1ccncc1)C(=O)c1c(O)ccc2c1O[C@@H]1C[C@H]3C[C@H](C3(C)C)[C@]1(O)[C@H]2O. The highest BCUT2D eigenvalue weighted by Crippen LogP contribution is 2.67. The number of aliphatic hydroxyl groups is 2. The number of carbonyl (C=O) groups is 1. The number of benzene rings is 1. The number of aliphatic hydroxyl groups excluding tert-OH is 1. The number of amides is 1. The minimum absolute atomic E-state index is 0.0398. The number of nitrogens with zero attached hydrogens (tertiary/aromatic N) is 2. The van der Waals surface area contributed by atoms with Gasteiger partial charge in [-0.05, 0) is 66.8 Å². The third kappa shape index (κ3) is 2.80. The van der Waals surface area contributed by atoms with Gasteiger partial charge in [-0.15, -0.1) is 0 Å². The molecule has 4 aliphatic rings. The van der Waals surface area contributed by atoms with Crippen molar-refractivity contribution in [3.63, 3.8) is 0 Å². The molecule has 5 atom stereocenters. The Balaban J connectivity index is 1.53. The Morgan fingerprint density at radius 2 is 1.94 bits per heavy atom. The van der Waals surface area contributed by atoms with Crippen LogP contribution in [0.5, 0.6) is 11.5 Å². The lowest BCUT2D eigenvalue weighted by molar-refractivity contribution is -0.289. The molecule has 32 heavy (non-hydrogen) atoms. The number of hydrogen-bond acceptors (Lipinski definition) is 6. The van der Waals surface area contributed by atoms with E-state index in [1.165, 1.54) is 6.07 Å². The molecular formula is C25H30N2O5. The van der Waals surface area contributed by atoms with Gasteiger partial charge in [-0.1, -0.05) is 13.8 Å². The lowest BCUT2D eigenvalue weighted by atomic mass is 9.42. The van der Waals surface area contributed by atoms with Gasteiger partial charge < -0.3 is 25.0 Å². The number of fused-ring (bicyclic) bond motifs is 1. The predicted molar refractivity (Wildman–Crippen MR) is 117 cm³/mol. The summed E-state index contributed by atoms with van der Waals surface area (Å²) in [5.41, 5.74) is -0.176. The number of pyridine rings is 1. The van der Waals surface area contributed by atoms with Crippen LogP contribution in [0.15, 0.2) is 36.7 Å². The van der Waals surface area contributed by atoms with Gasteiger partial charge in [-0.3, -0.25) is 9.78 Å². The van der Waals surface area contributed by atoms with Gasteiger partial charge >= 0.3 is 0 Å². The van der Waals surface area contributed by atoms with Crippen molar-refractivity contribution < 1.29 is 24.9 Å². The molecule has 1 aromatic heterocycles. The lowest BCUT2D eigenvalue weighted by Crippen LogP contribution is -2.72. The summed E-state index contributed by atoms with van der Waals surface area (Å²) in [7, 11) is 0. The highest BCUT2D eigenvalue weighted by Gasteiger charge is 2.69. The van der Waals surface area contributed by atoms with Gasteiger partial charge in [0.25, 0.3) is 5.91 Å². The number of rotatable bonds is 4. The third-order valence-corrected chi connectivity index (χ3v) is 8.21. The number of aromatic hydroxyl groups is 1. The third-order valence-electron chi connectivity index (χ3n) is 8.21. The number of ether oxygens (including phenoxy) is 1. The molecule has 1 amide bonds. The van der Waals surface area contributed by atoms with E-state index >= 15 is 0 Å². The van der Waals surface area contributed by atoms with Crippen LogP contribution < -0.4 is 4.74 Å². The van der Waals surface area contributed by atoms with Crippen molar-refractivity contribution in [3.8, 4) is 11.5 Å². The highest BCUT2D eigenvalue weighted by molar-refractivity contribution is 6.00. The standard InChI is InChI=1S/C25H30N2O5/c1-4-27(13-14-7-9-26-10-8-14)23(30)20-17(28)6-5-16-21(20)32-19-12-15-11-18(24(15,2)3)25(19,31)22(16)29/h5-10,15,18-19,22,28-29,31H,4,11-13H2,1-3H3/t15-,18-,19-,22+,25-/m1/s1. The van der Waals surface area contributed by atoms with E-state index in [4.69, 9.17) is 4.74 Å². The van der Waals surface area contributed by atoms with Crippen LogP contribution in [0, 0.1) is 17.3 Å². The van der Waals surface area contributed by atoms with Crippen molar-refractivity contribution >= 4 is 5.91 Å². The van der Waals surface area contributed by atoms with Crippen molar-refractivity contribution in [1.29, 1.82) is 0 Å². The van der Waals surface area contributed by atoms with E-state index in [1.807, 2.05) is 19.1 Å². The summed E-state index contributed by atoms with van der Waals surface area (Å²) in [4.78, 5) is 19.1. The molecule has 6 rings (SSSR count). The maximum absolute atomic E-state index is 13.5. The molecule has 0 spiro atoms. The lowest BCUT2D eigenvalue weighted by Gasteiger charge is -2.67. The van der Waals surface area contributed by atoms with E-state index in [0.29, 0.717) is 31.0 Å². The first kappa shape index (κ1) is 21.2. The second-order valence-electron chi connectivity index (χ2n) is 9.99. The molecule has 7 heteroatoms. The first-order chi connectivity index (χ1) is 15.2. The molecule has 7 nitrogen and oxygen atoms in total. The first-order valence-electron chi connectivity index (χ1n) is 11.3. The monoisotopic (exact) mass is 438 g/mol. The van der Waals surface area contributed by atoms with Crippen molar-refractivity contribution in [3.05, 3.63) is 53.3 Å². The van der Waals surface area contributed by atoms with E-state index in [2.05, 4.69) is 18.8 Å². The van der Waals surface area contributed by atoms with Crippen LogP contribution in [0.1, 0.15) is 61.2 Å². The van der Waals surface area contributed by atoms with Gasteiger partial charge in [0, 0.05) is 31.0 Å². The van der Waals surface area contributed by atoms with Gasteiger partial charge in [0.15, 0.2) is 0 Å². The molecule has 3 aliphatic carbocycles. The van der Waals surface area contributed by atoms with Crippen LogP contribution in [0.25, 0.3) is 0 Å². The van der Waals surface area contributed by atoms with Crippen molar-refractivity contribution in [1.82, 2.24) is 9.88 Å². The number of phenolic OH excluding ortho intramolecular Hbond substituents is 1. The molecule has 3 fully saturated rings. The van der Waals surface area contributed by atoms with Crippen LogP contribution in [-0.4, -0.2) is 49.4 Å². The quantitative estimate of drug-likeness (QED) is 0.678. The Kier molecular flexibility index (Phi) is 4.76. The normalized spacial score (nSPS) is 31.5. The molecule has 1 aromatic carbocycles. The van der Waals surface area contributed by atoms with Gasteiger partial charge in [0.05, 0.1) is 0 Å². The Labute approximate surface area is 187 Å². The largest absolute Gasteiger partial charge is 0.507 e. The molecule has 2 heterocycles. The average molecular weight is 439 g/mol. The topological polar surface area (TPSA) is 103 Å².